The Bertz CT molecular complexity index is 1380. The number of benzene rings is 2. The molecule has 3 heterocycles. The largest absolute Gasteiger partial charge is 0.494 e. The van der Waals surface area contributed by atoms with Gasteiger partial charge in [-0.2, -0.15) is 5.10 Å². The standard InChI is InChI=1S/C28H32N4O3/c1-6-34-21-11-12-23(24(15-21)33-5)32-18(3)26-17(2)30-31-28(27(26)19(32)4)29-16-25-22-10-8-7-9-20(22)13-14-35-25/h7-12,15,25H,6,13-14,16H2,1-5H3,(H,29,31). The Morgan fingerprint density at radius 2 is 1.86 bits per heavy atom. The minimum absolute atomic E-state index is 0.0206. The van der Waals surface area contributed by atoms with Crippen LogP contribution in [0.15, 0.2) is 42.5 Å². The van der Waals surface area contributed by atoms with Crippen LogP contribution in [0.1, 0.15) is 41.2 Å². The zero-order valence-electron chi connectivity index (χ0n) is 21.0. The molecule has 5 rings (SSSR count). The molecule has 1 aliphatic rings. The highest BCUT2D eigenvalue weighted by atomic mass is 16.5. The van der Waals surface area contributed by atoms with E-state index in [-0.39, 0.29) is 6.10 Å². The highest BCUT2D eigenvalue weighted by molar-refractivity contribution is 5.98. The van der Waals surface area contributed by atoms with E-state index in [1.54, 1.807) is 7.11 Å². The Morgan fingerprint density at radius 3 is 2.66 bits per heavy atom. The fraction of sp³-hybridized carbons (Fsp3) is 0.357. The second-order valence-electron chi connectivity index (χ2n) is 8.85. The first-order chi connectivity index (χ1) is 17.0. The van der Waals surface area contributed by atoms with Gasteiger partial charge in [-0.3, -0.25) is 0 Å². The van der Waals surface area contributed by atoms with Gasteiger partial charge < -0.3 is 24.1 Å². The number of aromatic nitrogens is 3. The number of fused-ring (bicyclic) bond motifs is 2. The monoisotopic (exact) mass is 472 g/mol. The number of rotatable bonds is 7. The summed E-state index contributed by atoms with van der Waals surface area (Å²) in [5.74, 6) is 2.30. The molecule has 0 saturated heterocycles. The van der Waals surface area contributed by atoms with Crippen LogP contribution in [-0.4, -0.2) is 41.6 Å². The zero-order chi connectivity index (χ0) is 24.5. The van der Waals surface area contributed by atoms with Crippen molar-refractivity contribution in [1.29, 1.82) is 0 Å². The van der Waals surface area contributed by atoms with E-state index in [9.17, 15) is 0 Å². The van der Waals surface area contributed by atoms with Crippen LogP contribution in [0.25, 0.3) is 16.5 Å². The molecule has 4 aromatic rings. The van der Waals surface area contributed by atoms with E-state index in [0.717, 1.165) is 63.9 Å². The molecule has 0 amide bonds. The van der Waals surface area contributed by atoms with Crippen LogP contribution >= 0.6 is 0 Å². The molecule has 182 valence electrons. The van der Waals surface area contributed by atoms with Crippen molar-refractivity contribution in [2.24, 2.45) is 0 Å². The van der Waals surface area contributed by atoms with Crippen molar-refractivity contribution in [1.82, 2.24) is 14.8 Å². The second kappa shape index (κ2) is 9.58. The van der Waals surface area contributed by atoms with Gasteiger partial charge in [-0.1, -0.05) is 24.3 Å². The van der Waals surface area contributed by atoms with E-state index in [0.29, 0.717) is 13.2 Å². The molecule has 1 aliphatic heterocycles. The number of ether oxygens (including phenoxy) is 3. The summed E-state index contributed by atoms with van der Waals surface area (Å²) in [6, 6.07) is 14.5. The van der Waals surface area contributed by atoms with Gasteiger partial charge in [0.25, 0.3) is 0 Å². The van der Waals surface area contributed by atoms with Crippen LogP contribution in [0, 0.1) is 20.8 Å². The fourth-order valence-electron chi connectivity index (χ4n) is 5.21. The number of hydrogen-bond acceptors (Lipinski definition) is 6. The van der Waals surface area contributed by atoms with Crippen molar-refractivity contribution >= 4 is 16.6 Å². The number of nitrogens with one attached hydrogen (secondary N) is 1. The van der Waals surface area contributed by atoms with Gasteiger partial charge in [0, 0.05) is 34.8 Å². The summed E-state index contributed by atoms with van der Waals surface area (Å²) in [7, 11) is 1.69. The van der Waals surface area contributed by atoms with Gasteiger partial charge in [0.2, 0.25) is 0 Å². The lowest BCUT2D eigenvalue weighted by molar-refractivity contribution is 0.0513. The molecule has 7 nitrogen and oxygen atoms in total. The lowest BCUT2D eigenvalue weighted by Crippen LogP contribution is -2.23. The van der Waals surface area contributed by atoms with E-state index in [4.69, 9.17) is 14.2 Å². The van der Waals surface area contributed by atoms with E-state index in [2.05, 4.69) is 58.2 Å². The van der Waals surface area contributed by atoms with E-state index in [1.165, 1.54) is 11.1 Å². The molecule has 2 aromatic carbocycles. The molecule has 0 saturated carbocycles. The van der Waals surface area contributed by atoms with Crippen LogP contribution in [0.4, 0.5) is 5.82 Å². The predicted octanol–water partition coefficient (Wildman–Crippen LogP) is 5.48. The number of anilines is 1. The second-order valence-corrected chi connectivity index (χ2v) is 8.85. The average molecular weight is 473 g/mol. The van der Waals surface area contributed by atoms with Crippen molar-refractivity contribution in [2.75, 3.05) is 32.2 Å². The molecule has 0 fully saturated rings. The SMILES string of the molecule is CCOc1ccc(-n2c(C)c3c(C)nnc(NCC4OCCc5ccccc54)c3c2C)c(OC)c1. The lowest BCUT2D eigenvalue weighted by atomic mass is 9.97. The summed E-state index contributed by atoms with van der Waals surface area (Å²) in [4.78, 5) is 0. The Balaban J connectivity index is 1.55. The van der Waals surface area contributed by atoms with Crippen molar-refractivity contribution in [3.05, 3.63) is 70.7 Å². The normalized spacial score (nSPS) is 15.2. The van der Waals surface area contributed by atoms with Crippen LogP contribution in [0.2, 0.25) is 0 Å². The van der Waals surface area contributed by atoms with Crippen molar-refractivity contribution in [3.63, 3.8) is 0 Å². The van der Waals surface area contributed by atoms with Crippen molar-refractivity contribution in [2.45, 2.75) is 40.2 Å². The number of hydrogen-bond donors (Lipinski definition) is 1. The minimum Gasteiger partial charge on any atom is -0.494 e. The third kappa shape index (κ3) is 4.10. The summed E-state index contributed by atoms with van der Waals surface area (Å²) in [5.41, 5.74) is 6.62. The van der Waals surface area contributed by atoms with Gasteiger partial charge in [-0.05, 0) is 57.4 Å². The van der Waals surface area contributed by atoms with Crippen LogP contribution in [0.3, 0.4) is 0 Å². The van der Waals surface area contributed by atoms with Gasteiger partial charge in [-0.25, -0.2) is 0 Å². The van der Waals surface area contributed by atoms with Gasteiger partial charge in [0.05, 0.1) is 37.8 Å². The average Bonchev–Trinajstić information content (AvgIpc) is 3.14. The molecule has 1 atom stereocenters. The number of nitrogens with zero attached hydrogens (tertiary/aromatic N) is 3. The van der Waals surface area contributed by atoms with Crippen LogP contribution in [-0.2, 0) is 11.2 Å². The molecular weight excluding hydrogens is 440 g/mol. The third-order valence-corrected chi connectivity index (χ3v) is 6.79. The molecule has 1 unspecified atom stereocenters. The summed E-state index contributed by atoms with van der Waals surface area (Å²) < 4.78 is 19.8. The molecule has 0 radical (unpaired) electrons. The minimum atomic E-state index is -0.0206. The highest BCUT2D eigenvalue weighted by Gasteiger charge is 2.24. The maximum Gasteiger partial charge on any atom is 0.158 e. The smallest absolute Gasteiger partial charge is 0.158 e. The fourth-order valence-corrected chi connectivity index (χ4v) is 5.21. The molecule has 2 aromatic heterocycles. The third-order valence-electron chi connectivity index (χ3n) is 6.79. The van der Waals surface area contributed by atoms with E-state index >= 15 is 0 Å². The molecule has 35 heavy (non-hydrogen) atoms. The van der Waals surface area contributed by atoms with Crippen LogP contribution < -0.4 is 14.8 Å². The van der Waals surface area contributed by atoms with Gasteiger partial charge in [0.1, 0.15) is 11.5 Å². The van der Waals surface area contributed by atoms with Crippen LogP contribution in [0.5, 0.6) is 11.5 Å². The maximum atomic E-state index is 6.11. The maximum absolute atomic E-state index is 6.11. The van der Waals surface area contributed by atoms with E-state index < -0.39 is 0 Å². The first-order valence-corrected chi connectivity index (χ1v) is 12.1. The topological polar surface area (TPSA) is 70.4 Å². The summed E-state index contributed by atoms with van der Waals surface area (Å²) >= 11 is 0. The van der Waals surface area contributed by atoms with Gasteiger partial charge in [-0.15, -0.1) is 5.10 Å². The Kier molecular flexibility index (Phi) is 6.34. The quantitative estimate of drug-likeness (QED) is 0.384. The highest BCUT2D eigenvalue weighted by Crippen LogP contribution is 2.38. The Labute approximate surface area is 206 Å². The Morgan fingerprint density at radius 1 is 1.06 bits per heavy atom. The zero-order valence-corrected chi connectivity index (χ0v) is 21.0. The van der Waals surface area contributed by atoms with Gasteiger partial charge >= 0.3 is 0 Å². The first kappa shape index (κ1) is 23.2. The molecular formula is C28H32N4O3. The summed E-state index contributed by atoms with van der Waals surface area (Å²) in [6.45, 7) is 10.2. The Hall–Kier alpha value is -3.58. The van der Waals surface area contributed by atoms with Crippen molar-refractivity contribution in [3.8, 4) is 17.2 Å². The summed E-state index contributed by atoms with van der Waals surface area (Å²) in [6.07, 6.45) is 0.930. The predicted molar refractivity (Wildman–Crippen MR) is 138 cm³/mol. The lowest BCUT2D eigenvalue weighted by Gasteiger charge is -2.26. The summed E-state index contributed by atoms with van der Waals surface area (Å²) in [5, 5.41) is 14.8. The first-order valence-electron chi connectivity index (χ1n) is 12.1. The molecule has 0 spiro atoms. The molecule has 0 aliphatic carbocycles. The molecule has 1 N–H and O–H groups in total. The molecule has 7 heteroatoms. The van der Waals surface area contributed by atoms with E-state index in [1.807, 2.05) is 32.0 Å². The van der Waals surface area contributed by atoms with Gasteiger partial charge in [0.15, 0.2) is 5.82 Å². The number of aryl methyl sites for hydroxylation is 3. The number of methoxy groups -OCH3 is 1. The molecule has 0 bridgehead atoms. The van der Waals surface area contributed by atoms with Crippen molar-refractivity contribution < 1.29 is 14.2 Å².